The second-order valence-electron chi connectivity index (χ2n) is 5.49. The number of rotatable bonds is 8. The summed E-state index contributed by atoms with van der Waals surface area (Å²) in [6.45, 7) is 14.0. The number of ether oxygens (including phenoxy) is 1. The van der Waals surface area contributed by atoms with Crippen molar-refractivity contribution in [3.63, 3.8) is 0 Å². The number of hydrogen-bond acceptors (Lipinski definition) is 2. The summed E-state index contributed by atoms with van der Waals surface area (Å²) in [5.41, 5.74) is 2.82. The molecule has 0 aromatic heterocycles. The Bertz CT molecular complexity index is 681. The van der Waals surface area contributed by atoms with Gasteiger partial charge in [-0.2, -0.15) is 0 Å². The van der Waals surface area contributed by atoms with Crippen molar-refractivity contribution in [3.05, 3.63) is 96.4 Å². The lowest BCUT2D eigenvalue weighted by Crippen LogP contribution is -2.29. The number of benzene rings is 1. The Kier molecular flexibility index (Phi) is 8.80. The molecule has 1 aromatic rings. The molecule has 0 bridgehead atoms. The van der Waals surface area contributed by atoms with Gasteiger partial charge in [0.15, 0.2) is 0 Å². The van der Waals surface area contributed by atoms with Crippen LogP contribution in [0.3, 0.4) is 0 Å². The predicted molar refractivity (Wildman–Crippen MR) is 105 cm³/mol. The molecule has 0 fully saturated rings. The van der Waals surface area contributed by atoms with Crippen LogP contribution in [0.5, 0.6) is 0 Å². The van der Waals surface area contributed by atoms with E-state index >= 15 is 0 Å². The van der Waals surface area contributed by atoms with Crippen LogP contribution in [-0.2, 0) is 11.3 Å². The van der Waals surface area contributed by atoms with E-state index < -0.39 is 6.09 Å². The van der Waals surface area contributed by atoms with Crippen LogP contribution in [0.1, 0.15) is 32.8 Å². The number of amides is 1. The fraction of sp³-hybridized carbons (Fsp3) is 0.227. The maximum Gasteiger partial charge on any atom is 0.419 e. The number of carbonyl (C=O) groups excluding carboxylic acids is 1. The van der Waals surface area contributed by atoms with Crippen LogP contribution in [0.4, 0.5) is 4.79 Å². The molecule has 0 atom stereocenters. The topological polar surface area (TPSA) is 29.5 Å². The monoisotopic (exact) mass is 337 g/mol. The van der Waals surface area contributed by atoms with Crippen LogP contribution in [0.2, 0.25) is 0 Å². The minimum Gasteiger partial charge on any atom is -0.444 e. The van der Waals surface area contributed by atoms with Crippen LogP contribution in [0.15, 0.2) is 90.8 Å². The van der Waals surface area contributed by atoms with Crippen LogP contribution < -0.4 is 0 Å². The van der Waals surface area contributed by atoms with Crippen molar-refractivity contribution in [2.45, 2.75) is 33.8 Å². The van der Waals surface area contributed by atoms with Crippen molar-refractivity contribution in [2.24, 2.45) is 0 Å². The summed E-state index contributed by atoms with van der Waals surface area (Å²) in [6.07, 6.45) is 9.85. The highest BCUT2D eigenvalue weighted by molar-refractivity contribution is 5.74. The van der Waals surface area contributed by atoms with Crippen LogP contribution in [-0.4, -0.2) is 11.0 Å². The van der Waals surface area contributed by atoms with Crippen LogP contribution >= 0.6 is 0 Å². The van der Waals surface area contributed by atoms with Gasteiger partial charge in [-0.25, -0.2) is 4.79 Å². The van der Waals surface area contributed by atoms with Crippen LogP contribution in [0.25, 0.3) is 0 Å². The molecule has 0 saturated heterocycles. The van der Waals surface area contributed by atoms with Gasteiger partial charge in [-0.05, 0) is 37.5 Å². The first-order chi connectivity index (χ1) is 12.0. The van der Waals surface area contributed by atoms with E-state index in [9.17, 15) is 4.79 Å². The Balaban J connectivity index is 2.96. The summed E-state index contributed by atoms with van der Waals surface area (Å²) in [5, 5.41) is 0. The average Bonchev–Trinajstić information content (AvgIpc) is 2.63. The number of nitrogens with zero attached hydrogens (tertiary/aromatic N) is 1. The maximum atomic E-state index is 12.7. The van der Waals surface area contributed by atoms with Gasteiger partial charge < -0.3 is 4.74 Å². The Hall–Kier alpha value is -2.81. The third kappa shape index (κ3) is 6.68. The summed E-state index contributed by atoms with van der Waals surface area (Å²) in [6, 6.07) is 9.58. The minimum atomic E-state index is -0.474. The second-order valence-corrected chi connectivity index (χ2v) is 5.49. The van der Waals surface area contributed by atoms with Crippen molar-refractivity contribution in [1.82, 2.24) is 4.90 Å². The van der Waals surface area contributed by atoms with Crippen LogP contribution in [0, 0.1) is 0 Å². The molecule has 0 N–H and O–H groups in total. The highest BCUT2D eigenvalue weighted by Crippen LogP contribution is 2.21. The first-order valence-electron chi connectivity index (χ1n) is 8.36. The fourth-order valence-electron chi connectivity index (χ4n) is 2.06. The fourth-order valence-corrected chi connectivity index (χ4v) is 2.06. The van der Waals surface area contributed by atoms with Gasteiger partial charge in [-0.1, -0.05) is 74.7 Å². The molecule has 1 rings (SSSR count). The molecule has 0 heterocycles. The molecule has 1 aromatic carbocycles. The van der Waals surface area contributed by atoms with E-state index in [0.717, 1.165) is 12.0 Å². The molecule has 25 heavy (non-hydrogen) atoms. The number of hydrogen-bond donors (Lipinski definition) is 0. The van der Waals surface area contributed by atoms with Crippen molar-refractivity contribution < 1.29 is 9.53 Å². The molecule has 3 heteroatoms. The van der Waals surface area contributed by atoms with Crippen molar-refractivity contribution >= 4 is 6.09 Å². The van der Waals surface area contributed by atoms with Crippen molar-refractivity contribution in [3.8, 4) is 0 Å². The van der Waals surface area contributed by atoms with E-state index in [1.165, 1.54) is 4.90 Å². The third-order valence-electron chi connectivity index (χ3n) is 3.47. The van der Waals surface area contributed by atoms with Crippen molar-refractivity contribution in [1.29, 1.82) is 0 Å². The third-order valence-corrected chi connectivity index (χ3v) is 3.47. The molecule has 0 unspecified atom stereocenters. The summed E-state index contributed by atoms with van der Waals surface area (Å²) < 4.78 is 5.46. The summed E-state index contributed by atoms with van der Waals surface area (Å²) >= 11 is 0. The van der Waals surface area contributed by atoms with Gasteiger partial charge in [0.2, 0.25) is 0 Å². The largest absolute Gasteiger partial charge is 0.444 e. The summed E-state index contributed by atoms with van der Waals surface area (Å²) in [7, 11) is 0. The van der Waals surface area contributed by atoms with Gasteiger partial charge in [0.05, 0.1) is 5.70 Å². The molecule has 0 aliphatic carbocycles. The maximum absolute atomic E-state index is 12.7. The zero-order valence-electron chi connectivity index (χ0n) is 15.4. The van der Waals surface area contributed by atoms with Crippen molar-refractivity contribution in [2.75, 3.05) is 0 Å². The Labute approximate surface area is 151 Å². The SMILES string of the molecule is C=C(/C=C\CC)C(=C)N(C(=O)OCc1ccccc1)/C(C)=C/C=C\C. The lowest BCUT2D eigenvalue weighted by atomic mass is 10.1. The molecule has 0 radical (unpaired) electrons. The molecule has 0 aliphatic heterocycles. The Morgan fingerprint density at radius 1 is 1.24 bits per heavy atom. The predicted octanol–water partition coefficient (Wildman–Crippen LogP) is 6.14. The Morgan fingerprint density at radius 3 is 2.52 bits per heavy atom. The zero-order valence-corrected chi connectivity index (χ0v) is 15.4. The van der Waals surface area contributed by atoms with Gasteiger partial charge in [0.1, 0.15) is 6.61 Å². The second kappa shape index (κ2) is 10.9. The molecular weight excluding hydrogens is 310 g/mol. The van der Waals surface area contributed by atoms with E-state index in [4.69, 9.17) is 4.74 Å². The van der Waals surface area contributed by atoms with Gasteiger partial charge >= 0.3 is 6.09 Å². The van der Waals surface area contributed by atoms with E-state index in [2.05, 4.69) is 13.2 Å². The van der Waals surface area contributed by atoms with E-state index in [1.54, 1.807) is 0 Å². The minimum absolute atomic E-state index is 0.206. The molecule has 0 saturated carbocycles. The standard InChI is InChI=1S/C22H27NO2/c1-6-8-13-18(3)20(5)23(19(4)14-9-7-2)22(24)25-17-21-15-11-10-12-16-21/h7-16H,3,5-6,17H2,1-2,4H3/b9-7-,13-8-,19-14+. The summed E-state index contributed by atoms with van der Waals surface area (Å²) in [5.74, 6) is 0. The first-order valence-corrected chi connectivity index (χ1v) is 8.36. The number of carbonyl (C=O) groups is 1. The highest BCUT2D eigenvalue weighted by atomic mass is 16.6. The molecule has 1 amide bonds. The van der Waals surface area contributed by atoms with Gasteiger partial charge in [-0.3, -0.25) is 4.90 Å². The smallest absolute Gasteiger partial charge is 0.419 e. The molecule has 0 aliphatic rings. The molecular formula is C22H27NO2. The first kappa shape index (κ1) is 20.2. The van der Waals surface area contributed by atoms with E-state index in [1.807, 2.05) is 81.5 Å². The van der Waals surface area contributed by atoms with E-state index in [-0.39, 0.29) is 6.61 Å². The average molecular weight is 337 g/mol. The summed E-state index contributed by atoms with van der Waals surface area (Å²) in [4.78, 5) is 14.1. The lowest BCUT2D eigenvalue weighted by Gasteiger charge is -2.25. The molecule has 0 spiro atoms. The quantitative estimate of drug-likeness (QED) is 0.533. The molecule has 3 nitrogen and oxygen atoms in total. The van der Waals surface area contributed by atoms with Gasteiger partial charge in [0.25, 0.3) is 0 Å². The van der Waals surface area contributed by atoms with E-state index in [0.29, 0.717) is 17.0 Å². The number of allylic oxidation sites excluding steroid dienone is 6. The van der Waals surface area contributed by atoms with Gasteiger partial charge in [-0.15, -0.1) is 0 Å². The Morgan fingerprint density at radius 2 is 1.92 bits per heavy atom. The van der Waals surface area contributed by atoms with Gasteiger partial charge in [0, 0.05) is 5.70 Å². The molecule has 132 valence electrons. The highest BCUT2D eigenvalue weighted by Gasteiger charge is 2.21. The zero-order chi connectivity index (χ0) is 18.7. The lowest BCUT2D eigenvalue weighted by molar-refractivity contribution is 0.116. The normalized spacial score (nSPS) is 11.7.